The number of carbonyl (C=O) groups excluding carboxylic acids is 1. The molecule has 21 heavy (non-hydrogen) atoms. The monoisotopic (exact) mass is 322 g/mol. The highest BCUT2D eigenvalue weighted by Gasteiger charge is 2.31. The fraction of sp³-hybridized carbons (Fsp3) is 0.500. The van der Waals surface area contributed by atoms with E-state index in [-0.39, 0.29) is 41.5 Å². The number of halogens is 4. The topological polar surface area (TPSA) is 55.1 Å². The number of nitrogens with one attached hydrogen (secondary N) is 1. The lowest BCUT2D eigenvalue weighted by Gasteiger charge is -2.15. The summed E-state index contributed by atoms with van der Waals surface area (Å²) in [5.41, 5.74) is 6.05. The van der Waals surface area contributed by atoms with E-state index < -0.39 is 12.6 Å². The van der Waals surface area contributed by atoms with E-state index in [4.69, 9.17) is 5.73 Å². The Labute approximate surface area is 127 Å². The molecule has 1 saturated carbocycles. The molecule has 0 saturated heterocycles. The van der Waals surface area contributed by atoms with Gasteiger partial charge in [-0.1, -0.05) is 18.2 Å². The summed E-state index contributed by atoms with van der Waals surface area (Å²) in [4.78, 5) is 12.0. The van der Waals surface area contributed by atoms with Crippen molar-refractivity contribution < 1.29 is 18.0 Å². The average molecular weight is 323 g/mol. The number of hydrogen-bond donors (Lipinski definition) is 2. The average Bonchev–Trinajstić information content (AvgIpc) is 2.77. The van der Waals surface area contributed by atoms with E-state index in [1.165, 1.54) is 18.2 Å². The molecule has 0 heterocycles. The van der Waals surface area contributed by atoms with Crippen molar-refractivity contribution >= 4 is 24.0 Å². The Morgan fingerprint density at radius 1 is 1.29 bits per heavy atom. The summed E-state index contributed by atoms with van der Waals surface area (Å²) in [5.74, 6) is -0.448. The summed E-state index contributed by atoms with van der Waals surface area (Å²) in [6.45, 7) is 0. The number of nitrogens with two attached hydrogens (primary N) is 1. The van der Waals surface area contributed by atoms with Crippen LogP contribution in [0.25, 0.3) is 0 Å². The molecule has 0 spiro atoms. The number of rotatable bonds is 3. The molecule has 0 radical (unpaired) electrons. The minimum Gasteiger partial charge on any atom is -0.328 e. The molecule has 0 aromatic heterocycles. The molecule has 1 aliphatic rings. The first-order chi connectivity index (χ1) is 9.35. The van der Waals surface area contributed by atoms with Crippen LogP contribution in [0.15, 0.2) is 24.3 Å². The lowest BCUT2D eigenvalue weighted by Crippen LogP contribution is -2.24. The fourth-order valence-corrected chi connectivity index (χ4v) is 2.50. The van der Waals surface area contributed by atoms with Gasteiger partial charge in [-0.2, -0.15) is 13.2 Å². The highest BCUT2D eigenvalue weighted by Crippen LogP contribution is 2.29. The van der Waals surface area contributed by atoms with Gasteiger partial charge in [0, 0.05) is 17.6 Å². The third-order valence-electron chi connectivity index (χ3n) is 3.51. The largest absolute Gasteiger partial charge is 0.393 e. The van der Waals surface area contributed by atoms with Crippen molar-refractivity contribution in [1.82, 2.24) is 0 Å². The second kappa shape index (κ2) is 7.13. The zero-order valence-electron chi connectivity index (χ0n) is 11.3. The third kappa shape index (κ3) is 5.21. The fourth-order valence-electron chi connectivity index (χ4n) is 2.50. The molecule has 0 aliphatic heterocycles. The maximum atomic E-state index is 12.5. The van der Waals surface area contributed by atoms with Crippen LogP contribution in [-0.2, 0) is 11.2 Å². The standard InChI is InChI=1S/C14H17F3N2O.ClH/c15-14(16,17)8-10-3-1-2-4-12(10)19-13(20)9-5-6-11(18)7-9;/h1-4,9,11H,5-8,18H2,(H,19,20);1H. The van der Waals surface area contributed by atoms with Gasteiger partial charge in [0.1, 0.15) is 0 Å². The second-order valence-corrected chi connectivity index (χ2v) is 5.21. The highest BCUT2D eigenvalue weighted by atomic mass is 35.5. The van der Waals surface area contributed by atoms with Crippen molar-refractivity contribution in [1.29, 1.82) is 0 Å². The molecule has 7 heteroatoms. The van der Waals surface area contributed by atoms with E-state index >= 15 is 0 Å². The first-order valence-corrected chi connectivity index (χ1v) is 6.56. The van der Waals surface area contributed by atoms with Gasteiger partial charge in [0.15, 0.2) is 0 Å². The van der Waals surface area contributed by atoms with Gasteiger partial charge in [0.2, 0.25) is 5.91 Å². The number of anilines is 1. The molecular formula is C14H18ClF3N2O. The molecule has 3 nitrogen and oxygen atoms in total. The predicted octanol–water partition coefficient (Wildman–Crippen LogP) is 3.28. The Hall–Kier alpha value is -1.27. The van der Waals surface area contributed by atoms with E-state index in [0.29, 0.717) is 12.8 Å². The first-order valence-electron chi connectivity index (χ1n) is 6.56. The van der Waals surface area contributed by atoms with Crippen LogP contribution in [0.3, 0.4) is 0 Å². The lowest BCUT2D eigenvalue weighted by atomic mass is 10.1. The van der Waals surface area contributed by atoms with Crippen LogP contribution >= 0.6 is 12.4 Å². The molecule has 2 atom stereocenters. The molecule has 1 aromatic rings. The van der Waals surface area contributed by atoms with E-state index in [2.05, 4.69) is 5.32 Å². The molecule has 2 unspecified atom stereocenters. The van der Waals surface area contributed by atoms with Crippen LogP contribution in [0, 0.1) is 5.92 Å². The van der Waals surface area contributed by atoms with Crippen LogP contribution in [0.5, 0.6) is 0 Å². The van der Waals surface area contributed by atoms with Gasteiger partial charge < -0.3 is 11.1 Å². The minimum absolute atomic E-state index is 0. The van der Waals surface area contributed by atoms with Crippen molar-refractivity contribution in [2.24, 2.45) is 11.7 Å². The SMILES string of the molecule is Cl.NC1CCC(C(=O)Nc2ccccc2CC(F)(F)F)C1. The zero-order valence-corrected chi connectivity index (χ0v) is 12.1. The normalized spacial score (nSPS) is 21.7. The van der Waals surface area contributed by atoms with Gasteiger partial charge in [-0.25, -0.2) is 0 Å². The third-order valence-corrected chi connectivity index (χ3v) is 3.51. The minimum atomic E-state index is -4.30. The number of para-hydroxylation sites is 1. The number of amides is 1. The number of benzene rings is 1. The summed E-state index contributed by atoms with van der Waals surface area (Å²) < 4.78 is 37.4. The molecule has 3 N–H and O–H groups in total. The summed E-state index contributed by atoms with van der Waals surface area (Å²) in [6.07, 6.45) is -3.28. The lowest BCUT2D eigenvalue weighted by molar-refractivity contribution is -0.127. The van der Waals surface area contributed by atoms with Gasteiger partial charge in [-0.3, -0.25) is 4.79 Å². The molecule has 1 aromatic carbocycles. The molecular weight excluding hydrogens is 305 g/mol. The number of carbonyl (C=O) groups is 1. The molecule has 1 amide bonds. The van der Waals surface area contributed by atoms with Gasteiger partial charge in [0.25, 0.3) is 0 Å². The Kier molecular flexibility index (Phi) is 6.04. The van der Waals surface area contributed by atoms with E-state index in [9.17, 15) is 18.0 Å². The molecule has 1 aliphatic carbocycles. The van der Waals surface area contributed by atoms with E-state index in [1.54, 1.807) is 6.07 Å². The Morgan fingerprint density at radius 3 is 2.52 bits per heavy atom. The number of hydrogen-bond acceptors (Lipinski definition) is 2. The first kappa shape index (κ1) is 17.8. The van der Waals surface area contributed by atoms with Crippen LogP contribution in [-0.4, -0.2) is 18.1 Å². The highest BCUT2D eigenvalue weighted by molar-refractivity contribution is 5.93. The maximum absolute atomic E-state index is 12.5. The summed E-state index contributed by atoms with van der Waals surface area (Å²) >= 11 is 0. The van der Waals surface area contributed by atoms with Gasteiger partial charge >= 0.3 is 6.18 Å². The number of alkyl halides is 3. The molecule has 118 valence electrons. The Bertz CT molecular complexity index is 493. The summed E-state index contributed by atoms with van der Waals surface area (Å²) in [7, 11) is 0. The second-order valence-electron chi connectivity index (χ2n) is 5.21. The van der Waals surface area contributed by atoms with Crippen LogP contribution in [0.1, 0.15) is 24.8 Å². The van der Waals surface area contributed by atoms with Crippen molar-refractivity contribution in [3.63, 3.8) is 0 Å². The van der Waals surface area contributed by atoms with Crippen LogP contribution in [0.4, 0.5) is 18.9 Å². The van der Waals surface area contributed by atoms with Gasteiger partial charge in [-0.15, -0.1) is 12.4 Å². The Balaban J connectivity index is 0.00000220. The van der Waals surface area contributed by atoms with Gasteiger partial charge in [-0.05, 0) is 30.9 Å². The van der Waals surface area contributed by atoms with Crippen LogP contribution in [0.2, 0.25) is 0 Å². The molecule has 2 rings (SSSR count). The predicted molar refractivity (Wildman–Crippen MR) is 77.4 cm³/mol. The molecule has 0 bridgehead atoms. The smallest absolute Gasteiger partial charge is 0.328 e. The van der Waals surface area contributed by atoms with Crippen LogP contribution < -0.4 is 11.1 Å². The molecule has 1 fully saturated rings. The quantitative estimate of drug-likeness (QED) is 0.897. The zero-order chi connectivity index (χ0) is 14.8. The van der Waals surface area contributed by atoms with Crippen molar-refractivity contribution in [3.05, 3.63) is 29.8 Å². The van der Waals surface area contributed by atoms with Crippen molar-refractivity contribution in [2.45, 2.75) is 37.9 Å². The van der Waals surface area contributed by atoms with Crippen molar-refractivity contribution in [3.8, 4) is 0 Å². The van der Waals surface area contributed by atoms with Crippen molar-refractivity contribution in [2.75, 3.05) is 5.32 Å². The summed E-state index contributed by atoms with van der Waals surface area (Å²) in [5, 5.41) is 2.60. The van der Waals surface area contributed by atoms with E-state index in [0.717, 1.165) is 6.42 Å². The van der Waals surface area contributed by atoms with Gasteiger partial charge in [0.05, 0.1) is 6.42 Å². The summed E-state index contributed by atoms with van der Waals surface area (Å²) in [6, 6.07) is 6.02. The van der Waals surface area contributed by atoms with E-state index in [1.807, 2.05) is 0 Å². The Morgan fingerprint density at radius 2 is 1.95 bits per heavy atom. The maximum Gasteiger partial charge on any atom is 0.393 e.